The summed E-state index contributed by atoms with van der Waals surface area (Å²) in [5.41, 5.74) is -0.255. The van der Waals surface area contributed by atoms with Gasteiger partial charge in [-0.3, -0.25) is 0 Å². The van der Waals surface area contributed by atoms with E-state index in [1.54, 1.807) is 0 Å². The van der Waals surface area contributed by atoms with Crippen LogP contribution < -0.4 is 0 Å². The second kappa shape index (κ2) is 2.53. The molecule has 0 N–H and O–H groups in total. The highest BCUT2D eigenvalue weighted by Crippen LogP contribution is 2.27. The molecule has 0 aromatic carbocycles. The predicted octanol–water partition coefficient (Wildman–Crippen LogP) is 2.28. The molecule has 0 saturated carbocycles. The zero-order chi connectivity index (χ0) is 8.48. The van der Waals surface area contributed by atoms with Gasteiger partial charge in [0.1, 0.15) is 11.3 Å². The van der Waals surface area contributed by atoms with Crippen molar-refractivity contribution in [2.75, 3.05) is 0 Å². The summed E-state index contributed by atoms with van der Waals surface area (Å²) in [6.45, 7) is 9.66. The Hall–Kier alpha value is -1.05. The Morgan fingerprint density at radius 2 is 2.18 bits per heavy atom. The minimum atomic E-state index is -0.255. The molecular formula is C9H13NO. The molecule has 60 valence electrons. The highest BCUT2D eigenvalue weighted by Gasteiger charge is 2.29. The molecule has 11 heavy (non-hydrogen) atoms. The quantitative estimate of drug-likeness (QED) is 0.563. The molecule has 0 bridgehead atoms. The maximum Gasteiger partial charge on any atom is 0.214 e. The van der Waals surface area contributed by atoms with Crippen LogP contribution in [0.15, 0.2) is 29.5 Å². The number of hydrogen-bond acceptors (Lipinski definition) is 2. The molecule has 0 aliphatic carbocycles. The van der Waals surface area contributed by atoms with Gasteiger partial charge in [0.15, 0.2) is 0 Å². The Labute approximate surface area is 67.3 Å². The van der Waals surface area contributed by atoms with E-state index in [0.29, 0.717) is 11.7 Å². The maximum atomic E-state index is 5.29. The predicted molar refractivity (Wildman–Crippen MR) is 46.6 cm³/mol. The van der Waals surface area contributed by atoms with E-state index in [4.69, 9.17) is 4.74 Å². The molecule has 1 aliphatic heterocycles. The zero-order valence-corrected chi connectivity index (χ0v) is 7.22. The van der Waals surface area contributed by atoms with Crippen molar-refractivity contribution >= 4 is 5.90 Å². The van der Waals surface area contributed by atoms with E-state index in [0.717, 1.165) is 0 Å². The SMILES string of the molecule is C=C1OC(/C=C/C)=NC1(C)C. The third-order valence-corrected chi connectivity index (χ3v) is 1.61. The van der Waals surface area contributed by atoms with Gasteiger partial charge in [0.2, 0.25) is 5.90 Å². The van der Waals surface area contributed by atoms with Crippen LogP contribution in [-0.2, 0) is 4.74 Å². The Kier molecular flexibility index (Phi) is 1.85. The topological polar surface area (TPSA) is 21.6 Å². The molecule has 0 unspecified atom stereocenters. The number of aliphatic imine (C=N–C) groups is 1. The molecular weight excluding hydrogens is 138 g/mol. The van der Waals surface area contributed by atoms with Crippen LogP contribution in [0.4, 0.5) is 0 Å². The highest BCUT2D eigenvalue weighted by atomic mass is 16.5. The number of ether oxygens (including phenoxy) is 1. The summed E-state index contributed by atoms with van der Waals surface area (Å²) in [6.07, 6.45) is 3.73. The van der Waals surface area contributed by atoms with E-state index < -0.39 is 0 Å². The Bertz CT molecular complexity index is 236. The fourth-order valence-electron chi connectivity index (χ4n) is 0.826. The van der Waals surface area contributed by atoms with Crippen molar-refractivity contribution in [2.45, 2.75) is 26.3 Å². The molecule has 0 radical (unpaired) electrons. The summed E-state index contributed by atoms with van der Waals surface area (Å²) in [7, 11) is 0. The van der Waals surface area contributed by atoms with Gasteiger partial charge in [-0.2, -0.15) is 0 Å². The summed E-state index contributed by atoms with van der Waals surface area (Å²) in [5, 5.41) is 0. The van der Waals surface area contributed by atoms with Gasteiger partial charge in [0.25, 0.3) is 0 Å². The standard InChI is InChI=1S/C9H13NO/c1-5-6-8-10-9(3,4)7(2)11-8/h5-6H,2H2,1,3-4H3/b6-5+. The molecule has 1 heterocycles. The normalized spacial score (nSPS) is 22.1. The van der Waals surface area contributed by atoms with Crippen LogP contribution >= 0.6 is 0 Å². The highest BCUT2D eigenvalue weighted by molar-refractivity contribution is 5.90. The minimum absolute atomic E-state index is 0.255. The van der Waals surface area contributed by atoms with Gasteiger partial charge >= 0.3 is 0 Å². The number of nitrogens with zero attached hydrogens (tertiary/aromatic N) is 1. The van der Waals surface area contributed by atoms with Gasteiger partial charge in [-0.25, -0.2) is 4.99 Å². The first-order valence-corrected chi connectivity index (χ1v) is 3.66. The monoisotopic (exact) mass is 151 g/mol. The Balaban J connectivity index is 2.84. The van der Waals surface area contributed by atoms with Gasteiger partial charge < -0.3 is 4.74 Å². The Morgan fingerprint density at radius 1 is 1.55 bits per heavy atom. The second-order valence-corrected chi connectivity index (χ2v) is 3.03. The van der Waals surface area contributed by atoms with Crippen molar-refractivity contribution in [3.63, 3.8) is 0 Å². The molecule has 0 amide bonds. The number of allylic oxidation sites excluding steroid dienone is 1. The van der Waals surface area contributed by atoms with Crippen LogP contribution in [0.2, 0.25) is 0 Å². The largest absolute Gasteiger partial charge is 0.442 e. The van der Waals surface area contributed by atoms with Crippen LogP contribution in [0.1, 0.15) is 20.8 Å². The molecule has 0 fully saturated rings. The van der Waals surface area contributed by atoms with Crippen LogP contribution in [-0.4, -0.2) is 11.4 Å². The molecule has 0 atom stereocenters. The van der Waals surface area contributed by atoms with E-state index in [1.807, 2.05) is 32.9 Å². The van der Waals surface area contributed by atoms with Crippen LogP contribution in [0, 0.1) is 0 Å². The van der Waals surface area contributed by atoms with E-state index in [9.17, 15) is 0 Å². The van der Waals surface area contributed by atoms with Crippen molar-refractivity contribution in [1.82, 2.24) is 0 Å². The smallest absolute Gasteiger partial charge is 0.214 e. The van der Waals surface area contributed by atoms with E-state index >= 15 is 0 Å². The first kappa shape index (κ1) is 8.05. The van der Waals surface area contributed by atoms with Crippen molar-refractivity contribution in [2.24, 2.45) is 4.99 Å². The minimum Gasteiger partial charge on any atom is -0.442 e. The lowest BCUT2D eigenvalue weighted by Gasteiger charge is -2.11. The summed E-state index contributed by atoms with van der Waals surface area (Å²) < 4.78 is 5.29. The summed E-state index contributed by atoms with van der Waals surface area (Å²) in [6, 6.07) is 0. The second-order valence-electron chi connectivity index (χ2n) is 3.03. The molecule has 0 aromatic rings. The van der Waals surface area contributed by atoms with Gasteiger partial charge in [-0.1, -0.05) is 12.7 Å². The first-order chi connectivity index (χ1) is 5.06. The lowest BCUT2D eigenvalue weighted by molar-refractivity contribution is 0.385. The lowest BCUT2D eigenvalue weighted by Crippen LogP contribution is -2.14. The zero-order valence-electron chi connectivity index (χ0n) is 7.22. The van der Waals surface area contributed by atoms with Gasteiger partial charge in [0, 0.05) is 0 Å². The van der Waals surface area contributed by atoms with Crippen molar-refractivity contribution in [3.8, 4) is 0 Å². The third kappa shape index (κ3) is 1.50. The molecule has 1 aliphatic rings. The van der Waals surface area contributed by atoms with Gasteiger partial charge in [-0.15, -0.1) is 0 Å². The fourth-order valence-corrected chi connectivity index (χ4v) is 0.826. The van der Waals surface area contributed by atoms with Crippen molar-refractivity contribution < 1.29 is 4.74 Å². The summed E-state index contributed by atoms with van der Waals surface area (Å²) >= 11 is 0. The van der Waals surface area contributed by atoms with Crippen LogP contribution in [0.25, 0.3) is 0 Å². The van der Waals surface area contributed by atoms with Gasteiger partial charge in [0.05, 0.1) is 0 Å². The third-order valence-electron chi connectivity index (χ3n) is 1.61. The van der Waals surface area contributed by atoms with Crippen molar-refractivity contribution in [3.05, 3.63) is 24.5 Å². The van der Waals surface area contributed by atoms with Crippen molar-refractivity contribution in [1.29, 1.82) is 0 Å². The average Bonchev–Trinajstić information content (AvgIpc) is 2.08. The first-order valence-electron chi connectivity index (χ1n) is 3.66. The number of rotatable bonds is 1. The van der Waals surface area contributed by atoms with Gasteiger partial charge in [-0.05, 0) is 26.8 Å². The number of hydrogen-bond donors (Lipinski definition) is 0. The summed E-state index contributed by atoms with van der Waals surface area (Å²) in [4.78, 5) is 4.30. The molecule has 0 aromatic heterocycles. The molecule has 2 heteroatoms. The van der Waals surface area contributed by atoms with Crippen LogP contribution in [0.5, 0.6) is 0 Å². The molecule has 1 rings (SSSR count). The van der Waals surface area contributed by atoms with Crippen LogP contribution in [0.3, 0.4) is 0 Å². The average molecular weight is 151 g/mol. The maximum absolute atomic E-state index is 5.29. The molecule has 0 saturated heterocycles. The van der Waals surface area contributed by atoms with E-state index in [-0.39, 0.29) is 5.54 Å². The fraction of sp³-hybridized carbons (Fsp3) is 0.444. The molecule has 0 spiro atoms. The lowest BCUT2D eigenvalue weighted by atomic mass is 10.1. The van der Waals surface area contributed by atoms with E-state index in [1.165, 1.54) is 0 Å². The Morgan fingerprint density at radius 3 is 2.55 bits per heavy atom. The molecule has 2 nitrogen and oxygen atoms in total. The summed E-state index contributed by atoms with van der Waals surface area (Å²) in [5.74, 6) is 1.37. The van der Waals surface area contributed by atoms with E-state index in [2.05, 4.69) is 11.6 Å².